The molecular formula is C25H22Cl2N2O7. The van der Waals surface area contributed by atoms with E-state index in [2.05, 4.69) is 10.5 Å². The van der Waals surface area contributed by atoms with Gasteiger partial charge in [-0.15, -0.1) is 0 Å². The van der Waals surface area contributed by atoms with Gasteiger partial charge in [-0.1, -0.05) is 23.2 Å². The highest BCUT2D eigenvalue weighted by molar-refractivity contribution is 6.42. The van der Waals surface area contributed by atoms with Crippen molar-refractivity contribution in [1.29, 1.82) is 0 Å². The third-order valence-electron chi connectivity index (χ3n) is 4.85. The van der Waals surface area contributed by atoms with Crippen LogP contribution in [0, 0.1) is 0 Å². The molecule has 11 heteroatoms. The Balaban J connectivity index is 1.72. The van der Waals surface area contributed by atoms with Gasteiger partial charge in [0.2, 0.25) is 5.75 Å². The van der Waals surface area contributed by atoms with Crippen molar-refractivity contribution in [2.75, 3.05) is 28.4 Å². The number of hydrazone groups is 1. The van der Waals surface area contributed by atoms with Gasteiger partial charge in [0.05, 0.1) is 50.3 Å². The summed E-state index contributed by atoms with van der Waals surface area (Å²) in [6, 6.07) is 12.2. The molecule has 0 heterocycles. The van der Waals surface area contributed by atoms with Crippen LogP contribution in [0.2, 0.25) is 10.0 Å². The van der Waals surface area contributed by atoms with Crippen molar-refractivity contribution >= 4 is 41.3 Å². The summed E-state index contributed by atoms with van der Waals surface area (Å²) < 4.78 is 26.5. The SMILES string of the molecule is COc1cc(C=NNC(=O)c2cc(OC)c(OC)c(OC)c2)ccc1OC(=O)c1ccc(Cl)c(Cl)c1. The molecule has 0 aliphatic heterocycles. The Kier molecular flexibility index (Phi) is 8.99. The van der Waals surface area contributed by atoms with E-state index in [4.69, 9.17) is 46.9 Å². The van der Waals surface area contributed by atoms with Crippen LogP contribution in [0.4, 0.5) is 0 Å². The van der Waals surface area contributed by atoms with E-state index in [1.807, 2.05) is 0 Å². The monoisotopic (exact) mass is 532 g/mol. The predicted octanol–water partition coefficient (Wildman–Crippen LogP) is 5.01. The van der Waals surface area contributed by atoms with E-state index in [0.29, 0.717) is 27.8 Å². The molecule has 36 heavy (non-hydrogen) atoms. The zero-order valence-corrected chi connectivity index (χ0v) is 21.3. The van der Waals surface area contributed by atoms with Crippen molar-refractivity contribution in [1.82, 2.24) is 5.43 Å². The summed E-state index contributed by atoms with van der Waals surface area (Å²) >= 11 is 11.9. The second kappa shape index (κ2) is 12.1. The topological polar surface area (TPSA) is 105 Å². The Hall–Kier alpha value is -3.95. The van der Waals surface area contributed by atoms with Crippen LogP contribution in [0.1, 0.15) is 26.3 Å². The maximum absolute atomic E-state index is 12.6. The molecule has 0 aromatic heterocycles. The molecule has 0 aliphatic rings. The molecule has 0 atom stereocenters. The molecule has 0 aliphatic carbocycles. The maximum atomic E-state index is 12.6. The number of benzene rings is 3. The molecule has 3 aromatic rings. The van der Waals surface area contributed by atoms with Gasteiger partial charge in [-0.2, -0.15) is 5.10 Å². The summed E-state index contributed by atoms with van der Waals surface area (Å²) in [6.45, 7) is 0. The number of halogens is 2. The quantitative estimate of drug-likeness (QED) is 0.178. The minimum Gasteiger partial charge on any atom is -0.493 e. The number of methoxy groups -OCH3 is 4. The van der Waals surface area contributed by atoms with Crippen LogP contribution < -0.4 is 29.1 Å². The van der Waals surface area contributed by atoms with Gasteiger partial charge in [0.1, 0.15) is 0 Å². The molecule has 0 fully saturated rings. The average Bonchev–Trinajstić information content (AvgIpc) is 2.89. The number of esters is 1. The molecule has 0 radical (unpaired) electrons. The van der Waals surface area contributed by atoms with Crippen molar-refractivity contribution < 1.29 is 33.3 Å². The summed E-state index contributed by atoms with van der Waals surface area (Å²) in [5.74, 6) is 0.376. The molecule has 3 aromatic carbocycles. The third-order valence-corrected chi connectivity index (χ3v) is 5.59. The molecule has 188 valence electrons. The number of nitrogens with one attached hydrogen (secondary N) is 1. The molecule has 0 spiro atoms. The molecule has 0 bridgehead atoms. The van der Waals surface area contributed by atoms with Crippen LogP contribution >= 0.6 is 23.2 Å². The average molecular weight is 533 g/mol. The molecule has 1 amide bonds. The van der Waals surface area contributed by atoms with Crippen LogP contribution in [0.15, 0.2) is 53.6 Å². The molecular weight excluding hydrogens is 511 g/mol. The van der Waals surface area contributed by atoms with Crippen LogP contribution in [0.25, 0.3) is 0 Å². The van der Waals surface area contributed by atoms with E-state index in [9.17, 15) is 9.59 Å². The van der Waals surface area contributed by atoms with Gasteiger partial charge in [0.25, 0.3) is 5.91 Å². The van der Waals surface area contributed by atoms with Gasteiger partial charge >= 0.3 is 5.97 Å². The van der Waals surface area contributed by atoms with Crippen molar-refractivity contribution in [3.8, 4) is 28.7 Å². The summed E-state index contributed by atoms with van der Waals surface area (Å²) in [6.07, 6.45) is 1.41. The summed E-state index contributed by atoms with van der Waals surface area (Å²) in [4.78, 5) is 25.0. The zero-order chi connectivity index (χ0) is 26.2. The van der Waals surface area contributed by atoms with Crippen LogP contribution in [-0.2, 0) is 0 Å². The smallest absolute Gasteiger partial charge is 0.343 e. The number of rotatable bonds is 9. The van der Waals surface area contributed by atoms with E-state index >= 15 is 0 Å². The minimum atomic E-state index is -0.633. The van der Waals surface area contributed by atoms with E-state index < -0.39 is 11.9 Å². The van der Waals surface area contributed by atoms with Crippen LogP contribution in [0.5, 0.6) is 28.7 Å². The fourth-order valence-corrected chi connectivity index (χ4v) is 3.37. The first-order chi connectivity index (χ1) is 17.3. The first-order valence-corrected chi connectivity index (χ1v) is 11.1. The second-order valence-electron chi connectivity index (χ2n) is 7.04. The number of hydrogen-bond acceptors (Lipinski definition) is 8. The Bertz CT molecular complexity index is 1290. The lowest BCUT2D eigenvalue weighted by Crippen LogP contribution is -2.18. The summed E-state index contributed by atoms with van der Waals surface area (Å²) in [7, 11) is 5.81. The van der Waals surface area contributed by atoms with Gasteiger partial charge in [-0.3, -0.25) is 4.79 Å². The number of amides is 1. The summed E-state index contributed by atoms with van der Waals surface area (Å²) in [5.41, 5.74) is 3.49. The molecule has 1 N–H and O–H groups in total. The van der Waals surface area contributed by atoms with Gasteiger partial charge in [-0.25, -0.2) is 10.2 Å². The maximum Gasteiger partial charge on any atom is 0.343 e. The highest BCUT2D eigenvalue weighted by Crippen LogP contribution is 2.38. The van der Waals surface area contributed by atoms with E-state index in [-0.39, 0.29) is 27.6 Å². The van der Waals surface area contributed by atoms with Crippen molar-refractivity contribution in [2.24, 2.45) is 5.10 Å². The van der Waals surface area contributed by atoms with E-state index in [0.717, 1.165) is 0 Å². The highest BCUT2D eigenvalue weighted by Gasteiger charge is 2.17. The fraction of sp³-hybridized carbons (Fsp3) is 0.160. The Morgan fingerprint density at radius 3 is 2.00 bits per heavy atom. The van der Waals surface area contributed by atoms with Gasteiger partial charge in [0.15, 0.2) is 23.0 Å². The molecule has 0 saturated carbocycles. The molecule has 3 rings (SSSR count). The molecule has 0 unspecified atom stereocenters. The van der Waals surface area contributed by atoms with Crippen LogP contribution in [0.3, 0.4) is 0 Å². The van der Waals surface area contributed by atoms with Crippen molar-refractivity contribution in [3.05, 3.63) is 75.3 Å². The minimum absolute atomic E-state index is 0.187. The summed E-state index contributed by atoms with van der Waals surface area (Å²) in [5, 5.41) is 4.54. The standard InChI is InChI=1S/C25H22Cl2N2O7/c1-32-20-9-14(5-8-19(20)36-25(31)15-6-7-17(26)18(27)10-15)13-28-29-24(30)16-11-21(33-2)23(35-4)22(12-16)34-3/h5-13H,1-4H3,(H,29,30). The molecule has 9 nitrogen and oxygen atoms in total. The zero-order valence-electron chi connectivity index (χ0n) is 19.8. The van der Waals surface area contributed by atoms with Crippen molar-refractivity contribution in [3.63, 3.8) is 0 Å². The largest absolute Gasteiger partial charge is 0.493 e. The van der Waals surface area contributed by atoms with Gasteiger partial charge < -0.3 is 23.7 Å². The normalized spacial score (nSPS) is 10.6. The predicted molar refractivity (Wildman–Crippen MR) is 136 cm³/mol. The lowest BCUT2D eigenvalue weighted by Gasteiger charge is -2.13. The van der Waals surface area contributed by atoms with E-state index in [1.54, 1.807) is 12.1 Å². The third kappa shape index (κ3) is 6.18. The number of carbonyl (C=O) groups is 2. The number of carbonyl (C=O) groups excluding carboxylic acids is 2. The lowest BCUT2D eigenvalue weighted by molar-refractivity contribution is 0.0729. The Morgan fingerprint density at radius 1 is 0.750 bits per heavy atom. The Morgan fingerprint density at radius 2 is 1.42 bits per heavy atom. The first kappa shape index (κ1) is 26.7. The molecule has 0 saturated heterocycles. The number of hydrogen-bond donors (Lipinski definition) is 1. The highest BCUT2D eigenvalue weighted by atomic mass is 35.5. The first-order valence-electron chi connectivity index (χ1n) is 10.3. The van der Waals surface area contributed by atoms with Crippen molar-refractivity contribution in [2.45, 2.75) is 0 Å². The van der Waals surface area contributed by atoms with Gasteiger partial charge in [0, 0.05) is 5.56 Å². The Labute approximate surface area is 217 Å². The lowest BCUT2D eigenvalue weighted by atomic mass is 10.1. The van der Waals surface area contributed by atoms with E-state index in [1.165, 1.54) is 71.1 Å². The van der Waals surface area contributed by atoms with Crippen LogP contribution in [-0.4, -0.2) is 46.5 Å². The fourth-order valence-electron chi connectivity index (χ4n) is 3.07. The second-order valence-corrected chi connectivity index (χ2v) is 7.86. The van der Waals surface area contributed by atoms with Gasteiger partial charge in [-0.05, 0) is 54.1 Å². The number of ether oxygens (including phenoxy) is 5. The number of nitrogens with zero attached hydrogens (tertiary/aromatic N) is 1.